The molecule has 0 unspecified atom stereocenters. The monoisotopic (exact) mass is 287 g/mol. The molecule has 1 heterocycles. The van der Waals surface area contributed by atoms with E-state index in [0.717, 1.165) is 16.0 Å². The Morgan fingerprint density at radius 2 is 2.06 bits per heavy atom. The van der Waals surface area contributed by atoms with Crippen LogP contribution in [0.3, 0.4) is 0 Å². The summed E-state index contributed by atoms with van der Waals surface area (Å²) in [5.41, 5.74) is -0.281. The third-order valence-electron chi connectivity index (χ3n) is 2.23. The molecule has 102 valence electrons. The topological polar surface area (TPSA) is 54.9 Å². The minimum absolute atomic E-state index is 0.236. The largest absolute Gasteiger partial charge is 0.360 e. The number of ketones is 1. The average Bonchev–Trinajstić information content (AvgIpc) is 2.69. The summed E-state index contributed by atoms with van der Waals surface area (Å²) in [6, 6.07) is 0. The van der Waals surface area contributed by atoms with Crippen LogP contribution in [0, 0.1) is 11.3 Å². The molecule has 1 N–H and O–H groups in total. The molecule has 0 spiro atoms. The first-order chi connectivity index (χ1) is 8.29. The first kappa shape index (κ1) is 15.4. The second-order valence-electron chi connectivity index (χ2n) is 5.61. The lowest BCUT2D eigenvalue weighted by Gasteiger charge is -2.15. The van der Waals surface area contributed by atoms with E-state index >= 15 is 0 Å². The molecule has 1 aromatic rings. The van der Waals surface area contributed by atoms with Crippen LogP contribution in [-0.2, 0) is 4.79 Å². The number of rotatable bonds is 6. The number of aromatic nitrogens is 2. The third kappa shape index (κ3) is 5.35. The summed E-state index contributed by atoms with van der Waals surface area (Å²) in [6.07, 6.45) is 0. The molecule has 1 rings (SSSR count). The van der Waals surface area contributed by atoms with Crippen molar-refractivity contribution in [3.63, 3.8) is 0 Å². The number of nitrogens with zero attached hydrogens (tertiary/aromatic N) is 2. The van der Waals surface area contributed by atoms with Crippen molar-refractivity contribution in [3.05, 3.63) is 0 Å². The number of nitrogens with one attached hydrogen (secondary N) is 1. The Bertz CT molecular complexity index is 396. The maximum atomic E-state index is 11.8. The molecule has 6 heteroatoms. The molecule has 0 radical (unpaired) electrons. The minimum Gasteiger partial charge on any atom is -0.360 e. The van der Waals surface area contributed by atoms with E-state index in [1.165, 1.54) is 23.1 Å². The summed E-state index contributed by atoms with van der Waals surface area (Å²) in [5, 5.41) is 12.2. The molecule has 0 aliphatic rings. The van der Waals surface area contributed by atoms with Crippen molar-refractivity contribution >= 4 is 34.0 Å². The van der Waals surface area contributed by atoms with E-state index in [1.807, 2.05) is 20.8 Å². The second-order valence-corrected chi connectivity index (χ2v) is 7.81. The molecule has 18 heavy (non-hydrogen) atoms. The van der Waals surface area contributed by atoms with Crippen LogP contribution in [0.15, 0.2) is 4.34 Å². The molecular weight excluding hydrogens is 266 g/mol. The van der Waals surface area contributed by atoms with Gasteiger partial charge in [0.15, 0.2) is 4.34 Å². The second kappa shape index (κ2) is 6.52. The number of thioether (sulfide) groups is 1. The van der Waals surface area contributed by atoms with Crippen molar-refractivity contribution in [2.24, 2.45) is 11.3 Å². The summed E-state index contributed by atoms with van der Waals surface area (Å²) < 4.78 is 0.846. The summed E-state index contributed by atoms with van der Waals surface area (Å²) >= 11 is 2.97. The van der Waals surface area contributed by atoms with Gasteiger partial charge in [-0.2, -0.15) is 0 Å². The van der Waals surface area contributed by atoms with Crippen molar-refractivity contribution in [1.29, 1.82) is 0 Å². The zero-order valence-corrected chi connectivity index (χ0v) is 13.2. The van der Waals surface area contributed by atoms with Crippen molar-refractivity contribution in [2.75, 3.05) is 17.6 Å². The van der Waals surface area contributed by atoms with Crippen molar-refractivity contribution < 1.29 is 4.79 Å². The number of anilines is 1. The molecule has 0 amide bonds. The standard InChI is InChI=1S/C12H21N3OS2/c1-8(2)6-13-10-14-15-11(18-10)17-7-9(16)12(3,4)5/h8H,6-7H2,1-5H3,(H,13,14). The molecule has 0 atom stereocenters. The van der Waals surface area contributed by atoms with Gasteiger partial charge in [0, 0.05) is 12.0 Å². The number of carbonyl (C=O) groups excluding carboxylic acids is 1. The molecule has 0 aromatic carbocycles. The van der Waals surface area contributed by atoms with E-state index in [4.69, 9.17) is 0 Å². The highest BCUT2D eigenvalue weighted by atomic mass is 32.2. The van der Waals surface area contributed by atoms with Gasteiger partial charge in [0.25, 0.3) is 0 Å². The molecule has 0 bridgehead atoms. The van der Waals surface area contributed by atoms with Gasteiger partial charge in [-0.05, 0) is 5.92 Å². The number of Topliss-reactive ketones (excluding diaryl/α,β-unsaturated/α-hetero) is 1. The first-order valence-corrected chi connectivity index (χ1v) is 7.82. The van der Waals surface area contributed by atoms with Gasteiger partial charge in [0.2, 0.25) is 5.13 Å². The Morgan fingerprint density at radius 3 is 2.61 bits per heavy atom. The Morgan fingerprint density at radius 1 is 1.39 bits per heavy atom. The van der Waals surface area contributed by atoms with Crippen LogP contribution in [0.1, 0.15) is 34.6 Å². The zero-order chi connectivity index (χ0) is 13.8. The van der Waals surface area contributed by atoms with Gasteiger partial charge in [0.05, 0.1) is 5.75 Å². The molecular formula is C12H21N3OS2. The van der Waals surface area contributed by atoms with E-state index < -0.39 is 0 Å². The van der Waals surface area contributed by atoms with Crippen molar-refractivity contribution in [3.8, 4) is 0 Å². The number of hydrogen-bond donors (Lipinski definition) is 1. The number of hydrogen-bond acceptors (Lipinski definition) is 6. The van der Waals surface area contributed by atoms with Crippen LogP contribution < -0.4 is 5.32 Å². The molecule has 4 nitrogen and oxygen atoms in total. The van der Waals surface area contributed by atoms with E-state index in [2.05, 4.69) is 29.4 Å². The summed E-state index contributed by atoms with van der Waals surface area (Å²) in [7, 11) is 0. The smallest absolute Gasteiger partial charge is 0.206 e. The van der Waals surface area contributed by atoms with Gasteiger partial charge in [-0.15, -0.1) is 10.2 Å². The van der Waals surface area contributed by atoms with Gasteiger partial charge >= 0.3 is 0 Å². The lowest BCUT2D eigenvalue weighted by Crippen LogP contribution is -2.21. The maximum absolute atomic E-state index is 11.8. The molecule has 1 aromatic heterocycles. The lowest BCUT2D eigenvalue weighted by molar-refractivity contribution is -0.123. The summed E-state index contributed by atoms with van der Waals surface area (Å²) in [5.74, 6) is 1.27. The van der Waals surface area contributed by atoms with Crippen LogP contribution in [-0.4, -0.2) is 28.3 Å². The molecule has 0 aliphatic carbocycles. The fourth-order valence-corrected chi connectivity index (χ4v) is 2.89. The Kier molecular flexibility index (Phi) is 5.59. The highest BCUT2D eigenvalue weighted by molar-refractivity contribution is 8.01. The van der Waals surface area contributed by atoms with Crippen LogP contribution >= 0.6 is 23.1 Å². The minimum atomic E-state index is -0.281. The first-order valence-electron chi connectivity index (χ1n) is 6.02. The molecule has 0 aliphatic heterocycles. The predicted molar refractivity (Wildman–Crippen MR) is 78.4 cm³/mol. The summed E-state index contributed by atoms with van der Waals surface area (Å²) in [6.45, 7) is 11.0. The van der Waals surface area contributed by atoms with Crippen LogP contribution in [0.2, 0.25) is 0 Å². The molecule has 0 fully saturated rings. The highest BCUT2D eigenvalue weighted by Crippen LogP contribution is 2.27. The maximum Gasteiger partial charge on any atom is 0.206 e. The number of carbonyl (C=O) groups is 1. The Hall–Kier alpha value is -0.620. The molecule has 0 saturated carbocycles. The van der Waals surface area contributed by atoms with E-state index in [9.17, 15) is 4.79 Å². The predicted octanol–water partition coefficient (Wildman–Crippen LogP) is 3.31. The fraction of sp³-hybridized carbons (Fsp3) is 0.750. The quantitative estimate of drug-likeness (QED) is 0.813. The third-order valence-corrected chi connectivity index (χ3v) is 4.25. The lowest BCUT2D eigenvalue weighted by atomic mass is 9.92. The van der Waals surface area contributed by atoms with Gasteiger partial charge < -0.3 is 5.32 Å². The zero-order valence-electron chi connectivity index (χ0n) is 11.6. The van der Waals surface area contributed by atoms with Gasteiger partial charge in [0.1, 0.15) is 5.78 Å². The Labute approximate surface area is 117 Å². The van der Waals surface area contributed by atoms with Crippen molar-refractivity contribution in [1.82, 2.24) is 10.2 Å². The van der Waals surface area contributed by atoms with Gasteiger partial charge in [-0.1, -0.05) is 57.7 Å². The SMILES string of the molecule is CC(C)CNc1nnc(SCC(=O)C(C)(C)C)s1. The summed E-state index contributed by atoms with van der Waals surface area (Å²) in [4.78, 5) is 11.8. The van der Waals surface area contributed by atoms with Crippen molar-refractivity contribution in [2.45, 2.75) is 39.0 Å². The highest BCUT2D eigenvalue weighted by Gasteiger charge is 2.21. The van der Waals surface area contributed by atoms with E-state index in [-0.39, 0.29) is 11.2 Å². The van der Waals surface area contributed by atoms with Crippen LogP contribution in [0.4, 0.5) is 5.13 Å². The Balaban J connectivity index is 2.42. The fourth-order valence-electron chi connectivity index (χ4n) is 0.975. The van der Waals surface area contributed by atoms with E-state index in [0.29, 0.717) is 11.7 Å². The van der Waals surface area contributed by atoms with Crippen LogP contribution in [0.5, 0.6) is 0 Å². The molecule has 0 saturated heterocycles. The average molecular weight is 287 g/mol. The normalized spacial score (nSPS) is 11.9. The van der Waals surface area contributed by atoms with Gasteiger partial charge in [-0.3, -0.25) is 4.79 Å². The van der Waals surface area contributed by atoms with Gasteiger partial charge in [-0.25, -0.2) is 0 Å². The van der Waals surface area contributed by atoms with E-state index in [1.54, 1.807) is 0 Å². The van der Waals surface area contributed by atoms with Crippen LogP contribution in [0.25, 0.3) is 0 Å².